The molecular formula is C19H26FN3O2. The lowest BCUT2D eigenvalue weighted by Crippen LogP contribution is -2.42. The van der Waals surface area contributed by atoms with Gasteiger partial charge < -0.3 is 15.5 Å². The fourth-order valence-electron chi connectivity index (χ4n) is 3.37. The minimum absolute atomic E-state index is 0.136. The monoisotopic (exact) mass is 347 g/mol. The molecular weight excluding hydrogens is 321 g/mol. The summed E-state index contributed by atoms with van der Waals surface area (Å²) in [6, 6.07) is 5.65. The standard InChI is InChI=1S/C19H26FN3O2/c20-16-4-6-17(7-5-16)22-19(25)23-12-9-14(10-13-23)8-11-21-18(24)15-2-1-3-15/h4-7,14-15H,1-3,8-13H2,(H,21,24)(H,22,25). The van der Waals surface area contributed by atoms with Crippen LogP contribution in [0.2, 0.25) is 0 Å². The van der Waals surface area contributed by atoms with Crippen LogP contribution >= 0.6 is 0 Å². The molecule has 0 radical (unpaired) electrons. The number of anilines is 1. The van der Waals surface area contributed by atoms with Gasteiger partial charge in [-0.1, -0.05) is 6.42 Å². The van der Waals surface area contributed by atoms with Crippen LogP contribution in [0.5, 0.6) is 0 Å². The van der Waals surface area contributed by atoms with Crippen molar-refractivity contribution in [3.8, 4) is 0 Å². The predicted molar refractivity (Wildman–Crippen MR) is 94.7 cm³/mol. The second-order valence-electron chi connectivity index (χ2n) is 7.07. The molecule has 1 saturated carbocycles. The Kier molecular flexibility index (Phi) is 5.89. The molecule has 2 N–H and O–H groups in total. The van der Waals surface area contributed by atoms with Crippen molar-refractivity contribution in [2.24, 2.45) is 11.8 Å². The van der Waals surface area contributed by atoms with E-state index >= 15 is 0 Å². The largest absolute Gasteiger partial charge is 0.356 e. The third kappa shape index (κ3) is 4.94. The molecule has 1 saturated heterocycles. The Morgan fingerprint density at radius 3 is 2.36 bits per heavy atom. The van der Waals surface area contributed by atoms with Crippen LogP contribution in [0.4, 0.5) is 14.9 Å². The molecule has 2 aliphatic rings. The van der Waals surface area contributed by atoms with E-state index in [-0.39, 0.29) is 23.7 Å². The molecule has 6 heteroatoms. The van der Waals surface area contributed by atoms with E-state index in [0.29, 0.717) is 24.7 Å². The Labute approximate surface area is 148 Å². The van der Waals surface area contributed by atoms with E-state index in [4.69, 9.17) is 0 Å². The number of rotatable bonds is 5. The van der Waals surface area contributed by atoms with Crippen molar-refractivity contribution in [1.82, 2.24) is 10.2 Å². The number of halogens is 1. The number of likely N-dealkylation sites (tertiary alicyclic amines) is 1. The number of hydrogen-bond acceptors (Lipinski definition) is 2. The van der Waals surface area contributed by atoms with Crippen LogP contribution in [0, 0.1) is 17.7 Å². The molecule has 136 valence electrons. The van der Waals surface area contributed by atoms with E-state index in [1.54, 1.807) is 17.0 Å². The zero-order valence-corrected chi connectivity index (χ0v) is 14.5. The van der Waals surface area contributed by atoms with Crippen molar-refractivity contribution in [3.63, 3.8) is 0 Å². The number of carbonyl (C=O) groups is 2. The summed E-state index contributed by atoms with van der Waals surface area (Å²) in [6.07, 6.45) is 6.13. The smallest absolute Gasteiger partial charge is 0.321 e. The highest BCUT2D eigenvalue weighted by atomic mass is 19.1. The lowest BCUT2D eigenvalue weighted by molar-refractivity contribution is -0.127. The van der Waals surface area contributed by atoms with Gasteiger partial charge in [-0.3, -0.25) is 4.79 Å². The molecule has 0 unspecified atom stereocenters. The number of carbonyl (C=O) groups excluding carboxylic acids is 2. The first kappa shape index (κ1) is 17.7. The number of piperidine rings is 1. The van der Waals surface area contributed by atoms with Gasteiger partial charge in [-0.2, -0.15) is 0 Å². The molecule has 1 aromatic carbocycles. The van der Waals surface area contributed by atoms with Crippen LogP contribution in [0.1, 0.15) is 38.5 Å². The van der Waals surface area contributed by atoms with Crippen LogP contribution < -0.4 is 10.6 Å². The Morgan fingerprint density at radius 2 is 1.76 bits per heavy atom. The van der Waals surface area contributed by atoms with E-state index in [2.05, 4.69) is 10.6 Å². The van der Waals surface area contributed by atoms with Crippen molar-refractivity contribution in [3.05, 3.63) is 30.1 Å². The third-order valence-corrected chi connectivity index (χ3v) is 5.33. The molecule has 1 aromatic rings. The molecule has 0 bridgehead atoms. The van der Waals surface area contributed by atoms with Crippen molar-refractivity contribution >= 4 is 17.6 Å². The summed E-state index contributed by atoms with van der Waals surface area (Å²) in [6.45, 7) is 2.17. The second kappa shape index (κ2) is 8.32. The molecule has 3 amide bonds. The third-order valence-electron chi connectivity index (χ3n) is 5.33. The Hall–Kier alpha value is -2.11. The van der Waals surface area contributed by atoms with Gasteiger partial charge in [-0.15, -0.1) is 0 Å². The van der Waals surface area contributed by atoms with Crippen LogP contribution in [-0.2, 0) is 4.79 Å². The molecule has 3 rings (SSSR count). The maximum atomic E-state index is 12.9. The van der Waals surface area contributed by atoms with E-state index in [9.17, 15) is 14.0 Å². The van der Waals surface area contributed by atoms with E-state index in [1.807, 2.05) is 0 Å². The van der Waals surface area contributed by atoms with Crippen LogP contribution in [0.15, 0.2) is 24.3 Å². The van der Waals surface area contributed by atoms with Gasteiger partial charge in [0.15, 0.2) is 0 Å². The van der Waals surface area contributed by atoms with Crippen molar-refractivity contribution in [2.45, 2.75) is 38.5 Å². The van der Waals surface area contributed by atoms with E-state index in [0.717, 1.165) is 38.6 Å². The van der Waals surface area contributed by atoms with Crippen molar-refractivity contribution < 1.29 is 14.0 Å². The second-order valence-corrected chi connectivity index (χ2v) is 7.07. The van der Waals surface area contributed by atoms with Gasteiger partial charge in [0.05, 0.1) is 0 Å². The van der Waals surface area contributed by atoms with E-state index < -0.39 is 0 Å². The summed E-state index contributed by atoms with van der Waals surface area (Å²) < 4.78 is 12.9. The lowest BCUT2D eigenvalue weighted by atomic mass is 9.84. The van der Waals surface area contributed by atoms with Gasteiger partial charge in [0.2, 0.25) is 5.91 Å². The highest BCUT2D eigenvalue weighted by Crippen LogP contribution is 2.26. The summed E-state index contributed by atoms with van der Waals surface area (Å²) in [7, 11) is 0. The van der Waals surface area contributed by atoms with Gasteiger partial charge in [-0.25, -0.2) is 9.18 Å². The maximum Gasteiger partial charge on any atom is 0.321 e. The Morgan fingerprint density at radius 1 is 1.08 bits per heavy atom. The highest BCUT2D eigenvalue weighted by Gasteiger charge is 2.26. The summed E-state index contributed by atoms with van der Waals surface area (Å²) in [5.41, 5.74) is 0.604. The Bertz CT molecular complexity index is 593. The number of nitrogens with zero attached hydrogens (tertiary/aromatic N) is 1. The van der Waals surface area contributed by atoms with Gasteiger partial charge in [-0.05, 0) is 62.3 Å². The van der Waals surface area contributed by atoms with Gasteiger partial charge in [0, 0.05) is 31.2 Å². The van der Waals surface area contributed by atoms with Gasteiger partial charge in [0.1, 0.15) is 5.82 Å². The first-order valence-corrected chi connectivity index (χ1v) is 9.21. The van der Waals surface area contributed by atoms with Crippen molar-refractivity contribution in [2.75, 3.05) is 25.0 Å². The minimum Gasteiger partial charge on any atom is -0.356 e. The normalized spacial score (nSPS) is 18.5. The minimum atomic E-state index is -0.316. The zero-order chi connectivity index (χ0) is 17.6. The summed E-state index contributed by atoms with van der Waals surface area (Å²) in [4.78, 5) is 25.8. The molecule has 5 nitrogen and oxygen atoms in total. The SMILES string of the molecule is O=C(NCCC1CCN(C(=O)Nc2ccc(F)cc2)CC1)C1CCC1. The fraction of sp³-hybridized carbons (Fsp3) is 0.579. The quantitative estimate of drug-likeness (QED) is 0.858. The van der Waals surface area contributed by atoms with Crippen LogP contribution in [0.3, 0.4) is 0 Å². The summed E-state index contributed by atoms with van der Waals surface area (Å²) in [5.74, 6) is 0.694. The molecule has 0 aromatic heterocycles. The van der Waals surface area contributed by atoms with Crippen LogP contribution in [-0.4, -0.2) is 36.5 Å². The molecule has 0 spiro atoms. The number of urea groups is 1. The average Bonchev–Trinajstić information content (AvgIpc) is 2.56. The van der Waals surface area contributed by atoms with Gasteiger partial charge >= 0.3 is 6.03 Å². The topological polar surface area (TPSA) is 61.4 Å². The zero-order valence-electron chi connectivity index (χ0n) is 14.5. The van der Waals surface area contributed by atoms with Crippen molar-refractivity contribution in [1.29, 1.82) is 0 Å². The number of benzene rings is 1. The van der Waals surface area contributed by atoms with E-state index in [1.165, 1.54) is 18.6 Å². The molecule has 1 heterocycles. The Balaban J connectivity index is 1.34. The maximum absolute atomic E-state index is 12.9. The lowest BCUT2D eigenvalue weighted by Gasteiger charge is -2.32. The molecule has 1 aliphatic carbocycles. The molecule has 2 fully saturated rings. The molecule has 1 aliphatic heterocycles. The fourth-order valence-corrected chi connectivity index (χ4v) is 3.37. The molecule has 0 atom stereocenters. The summed E-state index contributed by atoms with van der Waals surface area (Å²) in [5, 5.41) is 5.84. The number of nitrogens with one attached hydrogen (secondary N) is 2. The first-order valence-electron chi connectivity index (χ1n) is 9.21. The van der Waals surface area contributed by atoms with Gasteiger partial charge in [0.25, 0.3) is 0 Å². The highest BCUT2D eigenvalue weighted by molar-refractivity contribution is 5.89. The van der Waals surface area contributed by atoms with Crippen LogP contribution in [0.25, 0.3) is 0 Å². The number of amides is 3. The predicted octanol–water partition coefficient (Wildman–Crippen LogP) is 3.38. The number of hydrogen-bond donors (Lipinski definition) is 2. The molecule has 25 heavy (non-hydrogen) atoms. The first-order chi connectivity index (χ1) is 12.1. The average molecular weight is 347 g/mol. The summed E-state index contributed by atoms with van der Waals surface area (Å²) >= 11 is 0.